The van der Waals surface area contributed by atoms with Gasteiger partial charge in [0.05, 0.1) is 0 Å². The van der Waals surface area contributed by atoms with E-state index in [1.807, 2.05) is 0 Å². The molecule has 0 spiro atoms. The van der Waals surface area contributed by atoms with Crippen molar-refractivity contribution in [3.05, 3.63) is 0 Å². The van der Waals surface area contributed by atoms with Crippen molar-refractivity contribution in [3.8, 4) is 0 Å². The SMILES string of the molecule is CCCCC(CC)C(CC)CC(C)CO. The van der Waals surface area contributed by atoms with Crippen LogP contribution < -0.4 is 0 Å². The molecule has 0 aliphatic rings. The molecule has 0 aliphatic heterocycles. The summed E-state index contributed by atoms with van der Waals surface area (Å²) in [6.07, 6.45) is 7.83. The van der Waals surface area contributed by atoms with Crippen molar-refractivity contribution in [1.82, 2.24) is 0 Å². The van der Waals surface area contributed by atoms with Gasteiger partial charge in [0.2, 0.25) is 0 Å². The summed E-state index contributed by atoms with van der Waals surface area (Å²) in [5.74, 6) is 2.18. The smallest absolute Gasteiger partial charge is 0.0456 e. The van der Waals surface area contributed by atoms with Crippen LogP contribution in [0.3, 0.4) is 0 Å². The van der Waals surface area contributed by atoms with E-state index in [-0.39, 0.29) is 0 Å². The van der Waals surface area contributed by atoms with Crippen LogP contribution in [-0.4, -0.2) is 11.7 Å². The number of hydrogen-bond donors (Lipinski definition) is 1. The molecule has 0 aromatic carbocycles. The number of rotatable bonds is 9. The van der Waals surface area contributed by atoms with Crippen LogP contribution in [0.2, 0.25) is 0 Å². The predicted molar refractivity (Wildman–Crippen MR) is 68.0 cm³/mol. The molecule has 0 aromatic heterocycles. The van der Waals surface area contributed by atoms with Gasteiger partial charge < -0.3 is 5.11 Å². The lowest BCUT2D eigenvalue weighted by Gasteiger charge is -2.27. The summed E-state index contributed by atoms with van der Waals surface area (Å²) in [7, 11) is 0. The average Bonchev–Trinajstić information content (AvgIpc) is 2.27. The minimum absolute atomic E-state index is 0.348. The minimum Gasteiger partial charge on any atom is -0.396 e. The van der Waals surface area contributed by atoms with Gasteiger partial charge in [-0.15, -0.1) is 0 Å². The van der Waals surface area contributed by atoms with Crippen molar-refractivity contribution in [1.29, 1.82) is 0 Å². The predicted octanol–water partition coefficient (Wildman–Crippen LogP) is 4.25. The van der Waals surface area contributed by atoms with E-state index in [0.29, 0.717) is 12.5 Å². The Morgan fingerprint density at radius 1 is 1.00 bits per heavy atom. The maximum Gasteiger partial charge on any atom is 0.0456 e. The Morgan fingerprint density at radius 2 is 1.60 bits per heavy atom. The number of aliphatic hydroxyl groups excluding tert-OH is 1. The highest BCUT2D eigenvalue weighted by molar-refractivity contribution is 4.70. The van der Waals surface area contributed by atoms with E-state index in [1.54, 1.807) is 0 Å². The summed E-state index contributed by atoms with van der Waals surface area (Å²) in [6, 6.07) is 0. The maximum absolute atomic E-state index is 9.11. The number of unbranched alkanes of at least 4 members (excludes halogenated alkanes) is 1. The van der Waals surface area contributed by atoms with E-state index in [2.05, 4.69) is 27.7 Å². The average molecular weight is 214 g/mol. The Hall–Kier alpha value is -0.0400. The van der Waals surface area contributed by atoms with Crippen LogP contribution in [0, 0.1) is 17.8 Å². The van der Waals surface area contributed by atoms with E-state index < -0.39 is 0 Å². The van der Waals surface area contributed by atoms with Crippen LogP contribution in [-0.2, 0) is 0 Å². The Kier molecular flexibility index (Phi) is 9.18. The van der Waals surface area contributed by atoms with E-state index in [0.717, 1.165) is 11.8 Å². The molecule has 0 aliphatic carbocycles. The van der Waals surface area contributed by atoms with Crippen molar-refractivity contribution in [2.45, 2.75) is 66.2 Å². The molecule has 0 aromatic rings. The van der Waals surface area contributed by atoms with Crippen LogP contribution in [0.5, 0.6) is 0 Å². The lowest BCUT2D eigenvalue weighted by atomic mass is 9.79. The second-order valence-electron chi connectivity index (χ2n) is 5.00. The third kappa shape index (κ3) is 6.19. The fourth-order valence-corrected chi connectivity index (χ4v) is 2.52. The summed E-state index contributed by atoms with van der Waals surface area (Å²) < 4.78 is 0. The summed E-state index contributed by atoms with van der Waals surface area (Å²) in [5.41, 5.74) is 0. The Morgan fingerprint density at radius 3 is 2.00 bits per heavy atom. The standard InChI is InChI=1S/C14H30O/c1-5-8-9-13(6-2)14(7-3)10-12(4)11-15/h12-15H,5-11H2,1-4H3. The van der Waals surface area contributed by atoms with E-state index >= 15 is 0 Å². The quantitative estimate of drug-likeness (QED) is 0.608. The summed E-state index contributed by atoms with van der Waals surface area (Å²) >= 11 is 0. The summed E-state index contributed by atoms with van der Waals surface area (Å²) in [5, 5.41) is 9.11. The molecular weight excluding hydrogens is 184 g/mol. The molecule has 1 N–H and O–H groups in total. The molecule has 1 heteroatoms. The van der Waals surface area contributed by atoms with Gasteiger partial charge in [0.1, 0.15) is 0 Å². The van der Waals surface area contributed by atoms with E-state index in [1.165, 1.54) is 38.5 Å². The molecule has 0 radical (unpaired) electrons. The summed E-state index contributed by atoms with van der Waals surface area (Å²) in [4.78, 5) is 0. The van der Waals surface area contributed by atoms with Crippen molar-refractivity contribution in [2.75, 3.05) is 6.61 Å². The molecule has 92 valence electrons. The van der Waals surface area contributed by atoms with Gasteiger partial charge in [0.15, 0.2) is 0 Å². The van der Waals surface area contributed by atoms with Crippen LogP contribution in [0.15, 0.2) is 0 Å². The van der Waals surface area contributed by atoms with Crippen LogP contribution in [0.25, 0.3) is 0 Å². The third-order valence-electron chi connectivity index (χ3n) is 3.66. The second kappa shape index (κ2) is 9.21. The first-order chi connectivity index (χ1) is 7.19. The number of hydrogen-bond acceptors (Lipinski definition) is 1. The first-order valence-corrected chi connectivity index (χ1v) is 6.80. The Bertz CT molecular complexity index is 133. The Balaban J connectivity index is 4.07. The van der Waals surface area contributed by atoms with Gasteiger partial charge in [-0.2, -0.15) is 0 Å². The zero-order valence-corrected chi connectivity index (χ0v) is 11.1. The van der Waals surface area contributed by atoms with Crippen molar-refractivity contribution < 1.29 is 5.11 Å². The van der Waals surface area contributed by atoms with E-state index in [9.17, 15) is 0 Å². The van der Waals surface area contributed by atoms with Gasteiger partial charge in [-0.25, -0.2) is 0 Å². The first-order valence-electron chi connectivity index (χ1n) is 6.80. The zero-order valence-electron chi connectivity index (χ0n) is 11.1. The van der Waals surface area contributed by atoms with Gasteiger partial charge >= 0.3 is 0 Å². The molecule has 1 nitrogen and oxygen atoms in total. The monoisotopic (exact) mass is 214 g/mol. The first kappa shape index (κ1) is 15.0. The van der Waals surface area contributed by atoms with Crippen LogP contribution >= 0.6 is 0 Å². The summed E-state index contributed by atoms with van der Waals surface area (Å²) in [6.45, 7) is 9.38. The molecule has 0 bridgehead atoms. The van der Waals surface area contributed by atoms with Gasteiger partial charge in [-0.3, -0.25) is 0 Å². The van der Waals surface area contributed by atoms with Gasteiger partial charge in [-0.05, 0) is 24.2 Å². The van der Waals surface area contributed by atoms with Gasteiger partial charge in [-0.1, -0.05) is 59.8 Å². The van der Waals surface area contributed by atoms with E-state index in [4.69, 9.17) is 5.11 Å². The van der Waals surface area contributed by atoms with Gasteiger partial charge in [0.25, 0.3) is 0 Å². The zero-order chi connectivity index (χ0) is 11.7. The highest BCUT2D eigenvalue weighted by Crippen LogP contribution is 2.30. The largest absolute Gasteiger partial charge is 0.396 e. The second-order valence-corrected chi connectivity index (χ2v) is 5.00. The molecule has 15 heavy (non-hydrogen) atoms. The number of aliphatic hydroxyl groups is 1. The Labute approximate surface area is 96.3 Å². The molecule has 0 amide bonds. The normalized spacial score (nSPS) is 17.4. The molecule has 0 saturated carbocycles. The molecular formula is C14H30O. The van der Waals surface area contributed by atoms with Crippen LogP contribution in [0.4, 0.5) is 0 Å². The topological polar surface area (TPSA) is 20.2 Å². The minimum atomic E-state index is 0.348. The molecule has 0 rings (SSSR count). The molecule has 3 unspecified atom stereocenters. The highest BCUT2D eigenvalue weighted by Gasteiger charge is 2.19. The highest BCUT2D eigenvalue weighted by atomic mass is 16.3. The third-order valence-corrected chi connectivity index (χ3v) is 3.66. The molecule has 0 fully saturated rings. The molecule has 3 atom stereocenters. The molecule has 0 heterocycles. The lowest BCUT2D eigenvalue weighted by molar-refractivity contribution is 0.178. The maximum atomic E-state index is 9.11. The van der Waals surface area contributed by atoms with Crippen molar-refractivity contribution in [3.63, 3.8) is 0 Å². The molecule has 0 saturated heterocycles. The van der Waals surface area contributed by atoms with Crippen molar-refractivity contribution in [2.24, 2.45) is 17.8 Å². The lowest BCUT2D eigenvalue weighted by Crippen LogP contribution is -2.18. The van der Waals surface area contributed by atoms with Crippen molar-refractivity contribution >= 4 is 0 Å². The van der Waals surface area contributed by atoms with Crippen LogP contribution in [0.1, 0.15) is 66.2 Å². The fraction of sp³-hybridized carbons (Fsp3) is 1.00. The fourth-order valence-electron chi connectivity index (χ4n) is 2.52. The van der Waals surface area contributed by atoms with Gasteiger partial charge in [0, 0.05) is 6.61 Å².